The van der Waals surface area contributed by atoms with Crippen LogP contribution in [-0.2, 0) is 9.59 Å². The minimum Gasteiger partial charge on any atom is -0.356 e. The van der Waals surface area contributed by atoms with Crippen LogP contribution in [0.3, 0.4) is 0 Å². The van der Waals surface area contributed by atoms with Crippen molar-refractivity contribution in [2.24, 2.45) is 29.1 Å². The molecule has 0 radical (unpaired) electrons. The van der Waals surface area contributed by atoms with Crippen molar-refractivity contribution in [3.8, 4) is 0 Å². The van der Waals surface area contributed by atoms with Crippen molar-refractivity contribution >= 4 is 11.8 Å². The van der Waals surface area contributed by atoms with Crippen LogP contribution in [0.1, 0.15) is 39.5 Å². The molecule has 1 heterocycles. The van der Waals surface area contributed by atoms with E-state index < -0.39 is 5.41 Å². The molecule has 5 unspecified atom stereocenters. The maximum absolute atomic E-state index is 12.6. The third-order valence-corrected chi connectivity index (χ3v) is 5.86. The summed E-state index contributed by atoms with van der Waals surface area (Å²) in [5.74, 6) is 2.85. The van der Waals surface area contributed by atoms with Crippen molar-refractivity contribution in [3.63, 3.8) is 0 Å². The quantitative estimate of drug-likeness (QED) is 0.654. The maximum Gasteiger partial charge on any atom is 0.228 e. The highest BCUT2D eigenvalue weighted by molar-refractivity contribution is 5.89. The van der Waals surface area contributed by atoms with Gasteiger partial charge in [-0.3, -0.25) is 9.59 Å². The molecule has 5 atom stereocenters. The third-order valence-electron chi connectivity index (χ3n) is 5.86. The smallest absolute Gasteiger partial charge is 0.228 e. The lowest BCUT2D eigenvalue weighted by Gasteiger charge is -2.26. The third kappa shape index (κ3) is 3.62. The summed E-state index contributed by atoms with van der Waals surface area (Å²) in [5.41, 5.74) is -0.544. The zero-order valence-corrected chi connectivity index (χ0v) is 13.8. The van der Waals surface area contributed by atoms with Gasteiger partial charge in [-0.15, -0.1) is 0 Å². The van der Waals surface area contributed by atoms with Crippen molar-refractivity contribution in [3.05, 3.63) is 0 Å². The SMILES string of the molecule is CC1CC1CNC(=O)CC1(C(=O)NCC2CC2C)CCNC1. The number of hydrogen-bond donors (Lipinski definition) is 3. The van der Waals surface area contributed by atoms with Crippen LogP contribution in [-0.4, -0.2) is 38.0 Å². The molecule has 3 fully saturated rings. The normalized spacial score (nSPS) is 39.4. The van der Waals surface area contributed by atoms with Gasteiger partial charge >= 0.3 is 0 Å². The van der Waals surface area contributed by atoms with Crippen LogP contribution in [0.25, 0.3) is 0 Å². The zero-order chi connectivity index (χ0) is 15.7. The maximum atomic E-state index is 12.6. The van der Waals surface area contributed by atoms with Crippen molar-refractivity contribution in [1.29, 1.82) is 0 Å². The Morgan fingerprint density at radius 3 is 2.18 bits per heavy atom. The molecule has 1 saturated heterocycles. The van der Waals surface area contributed by atoms with Crippen LogP contribution in [0.4, 0.5) is 0 Å². The average molecular weight is 307 g/mol. The molecule has 3 rings (SSSR count). The Hall–Kier alpha value is -1.10. The lowest BCUT2D eigenvalue weighted by Crippen LogP contribution is -2.46. The van der Waals surface area contributed by atoms with Gasteiger partial charge in [-0.25, -0.2) is 0 Å². The molecule has 3 aliphatic rings. The van der Waals surface area contributed by atoms with Gasteiger partial charge in [0.25, 0.3) is 0 Å². The fourth-order valence-electron chi connectivity index (χ4n) is 3.56. The Kier molecular flexibility index (Phi) is 4.44. The molecule has 2 aliphatic carbocycles. The van der Waals surface area contributed by atoms with Crippen LogP contribution < -0.4 is 16.0 Å². The molecule has 0 aromatic carbocycles. The van der Waals surface area contributed by atoms with E-state index in [9.17, 15) is 9.59 Å². The molecule has 0 bridgehead atoms. The second kappa shape index (κ2) is 6.19. The van der Waals surface area contributed by atoms with Crippen LogP contribution in [0.5, 0.6) is 0 Å². The number of carbonyl (C=O) groups is 2. The molecule has 2 saturated carbocycles. The summed E-state index contributed by atoms with van der Waals surface area (Å²) in [5, 5.41) is 9.36. The Labute approximate surface area is 133 Å². The average Bonchev–Trinajstić information content (AvgIpc) is 3.31. The molecule has 0 aromatic rings. The number of rotatable bonds is 7. The van der Waals surface area contributed by atoms with Crippen LogP contribution >= 0.6 is 0 Å². The lowest BCUT2D eigenvalue weighted by molar-refractivity contribution is -0.135. The highest BCUT2D eigenvalue weighted by Crippen LogP contribution is 2.38. The second-order valence-corrected chi connectivity index (χ2v) is 7.84. The van der Waals surface area contributed by atoms with E-state index in [4.69, 9.17) is 0 Å². The molecule has 3 N–H and O–H groups in total. The molecule has 5 heteroatoms. The van der Waals surface area contributed by atoms with Crippen molar-refractivity contribution in [1.82, 2.24) is 16.0 Å². The van der Waals surface area contributed by atoms with E-state index in [1.807, 2.05) is 0 Å². The summed E-state index contributed by atoms with van der Waals surface area (Å²) in [6, 6.07) is 0. The van der Waals surface area contributed by atoms with Gasteiger partial charge in [0, 0.05) is 26.1 Å². The van der Waals surface area contributed by atoms with Crippen LogP contribution in [0.2, 0.25) is 0 Å². The monoisotopic (exact) mass is 307 g/mol. The van der Waals surface area contributed by atoms with E-state index in [2.05, 4.69) is 29.8 Å². The van der Waals surface area contributed by atoms with E-state index in [1.54, 1.807) is 0 Å². The van der Waals surface area contributed by atoms with Crippen molar-refractivity contribution in [2.75, 3.05) is 26.2 Å². The molecular weight excluding hydrogens is 278 g/mol. The van der Waals surface area contributed by atoms with Gasteiger partial charge in [0.05, 0.1) is 5.41 Å². The highest BCUT2D eigenvalue weighted by atomic mass is 16.2. The van der Waals surface area contributed by atoms with Crippen LogP contribution in [0.15, 0.2) is 0 Å². The molecule has 22 heavy (non-hydrogen) atoms. The minimum absolute atomic E-state index is 0.0257. The van der Waals surface area contributed by atoms with Gasteiger partial charge in [-0.1, -0.05) is 13.8 Å². The topological polar surface area (TPSA) is 70.2 Å². The van der Waals surface area contributed by atoms with Gasteiger partial charge in [-0.2, -0.15) is 0 Å². The van der Waals surface area contributed by atoms with E-state index >= 15 is 0 Å². The predicted octanol–water partition coefficient (Wildman–Crippen LogP) is 0.901. The fraction of sp³-hybridized carbons (Fsp3) is 0.882. The molecule has 1 aliphatic heterocycles. The van der Waals surface area contributed by atoms with Gasteiger partial charge < -0.3 is 16.0 Å². The molecule has 0 aromatic heterocycles. The van der Waals surface area contributed by atoms with E-state index in [1.165, 1.54) is 12.8 Å². The Morgan fingerprint density at radius 1 is 1.09 bits per heavy atom. The van der Waals surface area contributed by atoms with E-state index in [-0.39, 0.29) is 11.8 Å². The van der Waals surface area contributed by atoms with Gasteiger partial charge in [0.15, 0.2) is 0 Å². The second-order valence-electron chi connectivity index (χ2n) is 7.84. The fourth-order valence-corrected chi connectivity index (χ4v) is 3.56. The summed E-state index contributed by atoms with van der Waals surface area (Å²) >= 11 is 0. The standard InChI is InChI=1S/C17H29N3O2/c1-11-5-13(11)8-19-15(21)7-17(3-4-18-10-17)16(22)20-9-14-6-12(14)2/h11-14,18H,3-10H2,1-2H3,(H,19,21)(H,20,22). The molecule has 2 amide bonds. The van der Waals surface area contributed by atoms with E-state index in [0.29, 0.717) is 24.8 Å². The Bertz CT molecular complexity index is 445. The van der Waals surface area contributed by atoms with E-state index in [0.717, 1.165) is 37.9 Å². The van der Waals surface area contributed by atoms with Gasteiger partial charge in [0.2, 0.25) is 11.8 Å². The first-order valence-electron chi connectivity index (χ1n) is 8.76. The van der Waals surface area contributed by atoms with Crippen molar-refractivity contribution < 1.29 is 9.59 Å². The van der Waals surface area contributed by atoms with Crippen molar-refractivity contribution in [2.45, 2.75) is 39.5 Å². The number of hydrogen-bond acceptors (Lipinski definition) is 3. The first-order valence-corrected chi connectivity index (χ1v) is 8.76. The van der Waals surface area contributed by atoms with Gasteiger partial charge in [-0.05, 0) is 49.5 Å². The summed E-state index contributed by atoms with van der Waals surface area (Å²) in [4.78, 5) is 24.8. The summed E-state index contributed by atoms with van der Waals surface area (Å²) in [7, 11) is 0. The summed E-state index contributed by atoms with van der Waals surface area (Å²) < 4.78 is 0. The predicted molar refractivity (Wildman–Crippen MR) is 85.1 cm³/mol. The summed E-state index contributed by atoms with van der Waals surface area (Å²) in [6.45, 7) is 7.40. The van der Waals surface area contributed by atoms with Gasteiger partial charge in [0.1, 0.15) is 0 Å². The first-order chi connectivity index (χ1) is 10.5. The minimum atomic E-state index is -0.544. The molecular formula is C17H29N3O2. The Morgan fingerprint density at radius 2 is 1.68 bits per heavy atom. The largest absolute Gasteiger partial charge is 0.356 e. The zero-order valence-electron chi connectivity index (χ0n) is 13.8. The molecule has 5 nitrogen and oxygen atoms in total. The van der Waals surface area contributed by atoms with Crippen LogP contribution in [0, 0.1) is 29.1 Å². The summed E-state index contributed by atoms with van der Waals surface area (Å²) in [6.07, 6.45) is 3.50. The number of nitrogens with one attached hydrogen (secondary N) is 3. The number of carbonyl (C=O) groups excluding carboxylic acids is 2. The lowest BCUT2D eigenvalue weighted by atomic mass is 9.82. The number of amides is 2. The molecule has 124 valence electrons. The Balaban J connectivity index is 1.48. The molecule has 0 spiro atoms. The first kappa shape index (κ1) is 15.8. The highest BCUT2D eigenvalue weighted by Gasteiger charge is 2.44.